The molecule has 7 nitrogen and oxygen atoms in total. The average Bonchev–Trinajstić information content (AvgIpc) is 3.22. The molecule has 0 saturated carbocycles. The molecule has 0 N–H and O–H groups in total. The number of hydrogen-bond acceptors (Lipinski definition) is 6. The molecule has 210 valence electrons. The normalized spacial score (nSPS) is 21.3. The Kier molecular flexibility index (Phi) is 7.57. The number of ether oxygens (including phenoxy) is 3. The lowest BCUT2D eigenvalue weighted by molar-refractivity contribution is 0.129. The Morgan fingerprint density at radius 2 is 1.68 bits per heavy atom. The highest BCUT2D eigenvalue weighted by Gasteiger charge is 2.44. The molecule has 2 unspecified atom stereocenters. The molecule has 3 aromatic carbocycles. The number of para-hydroxylation sites is 1. The second-order valence-corrected chi connectivity index (χ2v) is 10.9. The molecule has 1 amide bonds. The van der Waals surface area contributed by atoms with Crippen molar-refractivity contribution in [1.29, 1.82) is 0 Å². The summed E-state index contributed by atoms with van der Waals surface area (Å²) in [6, 6.07) is 24.1. The van der Waals surface area contributed by atoms with Crippen molar-refractivity contribution in [3.8, 4) is 23.0 Å². The van der Waals surface area contributed by atoms with Gasteiger partial charge in [0.15, 0.2) is 17.2 Å². The quantitative estimate of drug-likeness (QED) is 0.306. The van der Waals surface area contributed by atoms with Crippen LogP contribution in [0.5, 0.6) is 23.0 Å². The molecule has 2 atom stereocenters. The molecule has 0 radical (unpaired) electrons. The first-order chi connectivity index (χ1) is 19.6. The summed E-state index contributed by atoms with van der Waals surface area (Å²) in [5.41, 5.74) is 3.44. The Morgan fingerprint density at radius 3 is 2.38 bits per heavy atom. The van der Waals surface area contributed by atoms with Gasteiger partial charge < -0.3 is 24.0 Å². The Labute approximate surface area is 237 Å². The Hall–Kier alpha value is -3.71. The zero-order valence-electron chi connectivity index (χ0n) is 23.7. The SMILES string of the molecule is CCN(CC)C(=O)Oc1ccc2c(c1)Oc1c(OC)cccc1N2C1CC2CCC(C1)N2CCc1ccccc1. The van der Waals surface area contributed by atoms with Crippen LogP contribution in [0.1, 0.15) is 45.1 Å². The molecule has 2 saturated heterocycles. The van der Waals surface area contributed by atoms with E-state index in [-0.39, 0.29) is 6.09 Å². The zero-order valence-corrected chi connectivity index (χ0v) is 23.7. The summed E-state index contributed by atoms with van der Waals surface area (Å²) in [5, 5.41) is 0. The lowest BCUT2D eigenvalue weighted by Crippen LogP contribution is -2.50. The molecule has 3 aliphatic rings. The second kappa shape index (κ2) is 11.4. The van der Waals surface area contributed by atoms with Gasteiger partial charge in [-0.25, -0.2) is 4.79 Å². The third-order valence-corrected chi connectivity index (χ3v) is 8.79. The van der Waals surface area contributed by atoms with Crippen LogP contribution in [0, 0.1) is 0 Å². The number of anilines is 2. The number of carbonyl (C=O) groups is 1. The van der Waals surface area contributed by atoms with Gasteiger partial charge in [-0.15, -0.1) is 0 Å². The summed E-state index contributed by atoms with van der Waals surface area (Å²) in [6.07, 6.45) is 5.43. The van der Waals surface area contributed by atoms with Crippen molar-refractivity contribution in [2.75, 3.05) is 31.6 Å². The maximum atomic E-state index is 12.6. The number of piperidine rings is 1. The number of hydrogen-bond donors (Lipinski definition) is 0. The van der Waals surface area contributed by atoms with E-state index < -0.39 is 0 Å². The molecule has 3 aromatic rings. The predicted octanol–water partition coefficient (Wildman–Crippen LogP) is 7.02. The van der Waals surface area contributed by atoms with E-state index in [1.807, 2.05) is 44.2 Å². The summed E-state index contributed by atoms with van der Waals surface area (Å²) in [5.74, 6) is 2.57. The van der Waals surface area contributed by atoms with E-state index in [2.05, 4.69) is 46.2 Å². The third-order valence-electron chi connectivity index (χ3n) is 8.79. The topological polar surface area (TPSA) is 54.5 Å². The van der Waals surface area contributed by atoms with Crippen molar-refractivity contribution >= 4 is 17.5 Å². The molecule has 6 rings (SSSR count). The van der Waals surface area contributed by atoms with E-state index in [0.29, 0.717) is 54.2 Å². The van der Waals surface area contributed by atoms with E-state index >= 15 is 0 Å². The van der Waals surface area contributed by atoms with Gasteiger partial charge in [-0.05, 0) is 75.8 Å². The summed E-state index contributed by atoms with van der Waals surface area (Å²) in [4.78, 5) is 19.5. The Morgan fingerprint density at radius 1 is 0.925 bits per heavy atom. The molecule has 0 aromatic heterocycles. The van der Waals surface area contributed by atoms with Crippen LogP contribution in [0.4, 0.5) is 16.2 Å². The second-order valence-electron chi connectivity index (χ2n) is 10.9. The number of amides is 1. The van der Waals surface area contributed by atoms with Gasteiger partial charge in [0.05, 0.1) is 18.5 Å². The number of methoxy groups -OCH3 is 1. The van der Waals surface area contributed by atoms with Crippen LogP contribution in [0.2, 0.25) is 0 Å². The lowest BCUT2D eigenvalue weighted by Gasteiger charge is -2.46. The average molecular weight is 542 g/mol. The van der Waals surface area contributed by atoms with Crippen LogP contribution in [0.3, 0.4) is 0 Å². The fourth-order valence-corrected chi connectivity index (χ4v) is 6.80. The largest absolute Gasteiger partial charge is 0.493 e. The molecule has 0 aliphatic carbocycles. The van der Waals surface area contributed by atoms with Crippen molar-refractivity contribution in [1.82, 2.24) is 9.80 Å². The van der Waals surface area contributed by atoms with E-state index in [1.54, 1.807) is 12.0 Å². The van der Waals surface area contributed by atoms with E-state index in [0.717, 1.165) is 37.2 Å². The van der Waals surface area contributed by atoms with Crippen molar-refractivity contribution in [3.05, 3.63) is 72.3 Å². The van der Waals surface area contributed by atoms with Gasteiger partial charge in [-0.1, -0.05) is 36.4 Å². The smallest absolute Gasteiger partial charge is 0.415 e. The van der Waals surface area contributed by atoms with E-state index in [1.165, 1.54) is 18.4 Å². The standard InChI is InChI=1S/C33H39N3O4/c1-4-34(5-2)33(37)39-27-16-17-28-31(22-27)40-32-29(12-9-13-30(32)38-3)36(28)26-20-24-14-15-25(21-26)35(24)19-18-23-10-7-6-8-11-23/h6-13,16-17,22,24-26H,4-5,14-15,18-21H2,1-3H3. The van der Waals surface area contributed by atoms with Crippen LogP contribution in [0.25, 0.3) is 0 Å². The van der Waals surface area contributed by atoms with Crippen LogP contribution in [-0.2, 0) is 6.42 Å². The number of carbonyl (C=O) groups excluding carboxylic acids is 1. The molecule has 3 heterocycles. The van der Waals surface area contributed by atoms with Gasteiger partial charge in [0.25, 0.3) is 0 Å². The van der Waals surface area contributed by atoms with Gasteiger partial charge in [-0.2, -0.15) is 0 Å². The maximum Gasteiger partial charge on any atom is 0.415 e. The van der Waals surface area contributed by atoms with Crippen molar-refractivity contribution in [2.24, 2.45) is 0 Å². The molecular weight excluding hydrogens is 502 g/mol. The number of benzene rings is 3. The number of nitrogens with zero attached hydrogens (tertiary/aromatic N) is 3. The molecular formula is C33H39N3O4. The summed E-state index contributed by atoms with van der Waals surface area (Å²) >= 11 is 0. The first kappa shape index (κ1) is 26.5. The molecule has 0 spiro atoms. The zero-order chi connectivity index (χ0) is 27.6. The minimum Gasteiger partial charge on any atom is -0.493 e. The summed E-state index contributed by atoms with van der Waals surface area (Å²) < 4.78 is 17.9. The van der Waals surface area contributed by atoms with E-state index in [9.17, 15) is 4.79 Å². The van der Waals surface area contributed by atoms with E-state index in [4.69, 9.17) is 14.2 Å². The Balaban J connectivity index is 1.27. The van der Waals surface area contributed by atoms with Gasteiger partial charge in [-0.3, -0.25) is 4.90 Å². The minimum absolute atomic E-state index is 0.336. The van der Waals surface area contributed by atoms with Crippen LogP contribution >= 0.6 is 0 Å². The van der Waals surface area contributed by atoms with Crippen molar-refractivity contribution in [3.63, 3.8) is 0 Å². The molecule has 2 bridgehead atoms. The third kappa shape index (κ3) is 4.99. The highest BCUT2D eigenvalue weighted by Crippen LogP contribution is 2.54. The van der Waals surface area contributed by atoms with Gasteiger partial charge >= 0.3 is 6.09 Å². The minimum atomic E-state index is -0.352. The number of fused-ring (bicyclic) bond motifs is 4. The van der Waals surface area contributed by atoms with Crippen LogP contribution in [0.15, 0.2) is 66.7 Å². The monoisotopic (exact) mass is 541 g/mol. The number of rotatable bonds is 8. The highest BCUT2D eigenvalue weighted by atomic mass is 16.6. The maximum absolute atomic E-state index is 12.6. The Bertz CT molecular complexity index is 1330. The highest BCUT2D eigenvalue weighted by molar-refractivity contribution is 5.82. The lowest BCUT2D eigenvalue weighted by atomic mass is 9.93. The fraction of sp³-hybridized carbons (Fsp3) is 0.424. The summed E-state index contributed by atoms with van der Waals surface area (Å²) in [6.45, 7) is 6.20. The molecule has 3 aliphatic heterocycles. The first-order valence-electron chi connectivity index (χ1n) is 14.6. The predicted molar refractivity (Wildman–Crippen MR) is 157 cm³/mol. The molecule has 2 fully saturated rings. The van der Waals surface area contributed by atoms with Crippen molar-refractivity contribution < 1.29 is 19.0 Å². The van der Waals surface area contributed by atoms with Crippen LogP contribution in [-0.4, -0.2) is 60.8 Å². The fourth-order valence-electron chi connectivity index (χ4n) is 6.80. The van der Waals surface area contributed by atoms with Crippen LogP contribution < -0.4 is 19.1 Å². The van der Waals surface area contributed by atoms with Gasteiger partial charge in [0.1, 0.15) is 5.75 Å². The summed E-state index contributed by atoms with van der Waals surface area (Å²) in [7, 11) is 1.67. The first-order valence-corrected chi connectivity index (χ1v) is 14.6. The van der Waals surface area contributed by atoms with Gasteiger partial charge in [0.2, 0.25) is 0 Å². The molecule has 40 heavy (non-hydrogen) atoms. The van der Waals surface area contributed by atoms with Gasteiger partial charge in [0, 0.05) is 43.8 Å². The van der Waals surface area contributed by atoms with Crippen molar-refractivity contribution in [2.45, 2.75) is 64.1 Å². The molecule has 7 heteroatoms.